The second kappa shape index (κ2) is 6.95. The van der Waals surface area contributed by atoms with Gasteiger partial charge in [-0.05, 0) is 24.3 Å². The molecule has 0 fully saturated rings. The van der Waals surface area contributed by atoms with Crippen LogP contribution in [0.5, 0.6) is 5.75 Å². The van der Waals surface area contributed by atoms with E-state index in [1.807, 2.05) is 0 Å². The second-order valence-corrected chi connectivity index (χ2v) is 4.68. The number of hydrogen-bond donors (Lipinski definition) is 4. The predicted molar refractivity (Wildman–Crippen MR) is 81.3 cm³/mol. The highest BCUT2D eigenvalue weighted by Crippen LogP contribution is 2.26. The number of aliphatic hydroxyl groups is 1. The van der Waals surface area contributed by atoms with Crippen LogP contribution in [-0.2, 0) is 0 Å². The van der Waals surface area contributed by atoms with E-state index in [-0.39, 0.29) is 12.2 Å². The lowest BCUT2D eigenvalue weighted by Crippen LogP contribution is -2.36. The minimum absolute atomic E-state index is 0.162. The van der Waals surface area contributed by atoms with E-state index >= 15 is 0 Å². The largest absolute Gasteiger partial charge is 0.463 e. The number of amidine groups is 1. The Morgan fingerprint density at radius 2 is 1.92 bits per heavy atom. The fourth-order valence-corrected chi connectivity index (χ4v) is 1.89. The molecule has 0 unspecified atom stereocenters. The Morgan fingerprint density at radius 3 is 2.42 bits per heavy atom. The van der Waals surface area contributed by atoms with E-state index in [0.29, 0.717) is 5.75 Å². The van der Waals surface area contributed by atoms with Crippen LogP contribution in [0.4, 0.5) is 18.9 Å². The van der Waals surface area contributed by atoms with Crippen molar-refractivity contribution in [2.75, 3.05) is 13.2 Å². The zero-order valence-corrected chi connectivity index (χ0v) is 12.3. The maximum Gasteiger partial charge on any atom is 0.437 e. The maximum atomic E-state index is 13.1. The van der Waals surface area contributed by atoms with Gasteiger partial charge in [-0.15, -0.1) is 0 Å². The Hall–Kier alpha value is -2.50. The van der Waals surface area contributed by atoms with Gasteiger partial charge in [-0.25, -0.2) is 10.0 Å². The Labute approximate surface area is 134 Å². The summed E-state index contributed by atoms with van der Waals surface area (Å²) in [6.07, 6.45) is -5.80. The average molecular weight is 344 g/mol. The van der Waals surface area contributed by atoms with Crippen molar-refractivity contribution in [2.24, 2.45) is 21.6 Å². The molecule has 1 heterocycles. The van der Waals surface area contributed by atoms with Crippen molar-refractivity contribution in [1.82, 2.24) is 5.01 Å². The molecule has 130 valence electrons. The Balaban J connectivity index is 2.32. The molecule has 11 heteroatoms. The molecule has 2 rings (SSSR count). The topological polar surface area (TPSA) is 133 Å². The molecule has 0 saturated carbocycles. The van der Waals surface area contributed by atoms with Crippen LogP contribution in [0.2, 0.25) is 0 Å². The number of nitrogens with zero attached hydrogens (tertiary/aromatic N) is 3. The SMILES string of the molecule is N=C1C(=Nc2ccc(OC(N)N)cc2)C(C(F)(F)F)=NN1CCO. The third-order valence-corrected chi connectivity index (χ3v) is 2.86. The van der Waals surface area contributed by atoms with Gasteiger partial charge in [0, 0.05) is 0 Å². The Bertz CT molecular complexity index is 669. The van der Waals surface area contributed by atoms with Gasteiger partial charge in [0.05, 0.1) is 18.8 Å². The molecule has 0 spiro atoms. The van der Waals surface area contributed by atoms with Gasteiger partial charge in [0.15, 0.2) is 11.5 Å². The number of aliphatic hydroxyl groups excluding tert-OH is 1. The third kappa shape index (κ3) is 4.07. The van der Waals surface area contributed by atoms with Gasteiger partial charge >= 0.3 is 6.18 Å². The summed E-state index contributed by atoms with van der Waals surface area (Å²) in [7, 11) is 0. The van der Waals surface area contributed by atoms with E-state index < -0.39 is 36.4 Å². The first-order valence-electron chi connectivity index (χ1n) is 6.72. The number of alkyl halides is 3. The lowest BCUT2D eigenvalue weighted by atomic mass is 10.2. The number of halogens is 3. The summed E-state index contributed by atoms with van der Waals surface area (Å²) in [5.41, 5.74) is 8.76. The summed E-state index contributed by atoms with van der Waals surface area (Å²) in [4.78, 5) is 3.84. The first kappa shape index (κ1) is 17.8. The van der Waals surface area contributed by atoms with Gasteiger partial charge in [0.1, 0.15) is 11.5 Å². The monoisotopic (exact) mass is 344 g/mol. The van der Waals surface area contributed by atoms with E-state index in [9.17, 15) is 13.2 Å². The van der Waals surface area contributed by atoms with Crippen LogP contribution in [0.15, 0.2) is 34.4 Å². The molecule has 1 aliphatic heterocycles. The lowest BCUT2D eigenvalue weighted by molar-refractivity contribution is -0.0571. The number of nitrogens with one attached hydrogen (secondary N) is 1. The van der Waals surface area contributed by atoms with Crippen LogP contribution >= 0.6 is 0 Å². The summed E-state index contributed by atoms with van der Waals surface area (Å²) < 4.78 is 44.2. The highest BCUT2D eigenvalue weighted by atomic mass is 19.4. The molecule has 1 aliphatic rings. The normalized spacial score (nSPS) is 17.0. The number of hydrazone groups is 1. The van der Waals surface area contributed by atoms with Gasteiger partial charge < -0.3 is 9.84 Å². The molecule has 1 aromatic rings. The highest BCUT2D eigenvalue weighted by molar-refractivity contribution is 6.70. The molecular weight excluding hydrogens is 329 g/mol. The van der Waals surface area contributed by atoms with Crippen molar-refractivity contribution in [2.45, 2.75) is 12.5 Å². The van der Waals surface area contributed by atoms with E-state index in [4.69, 9.17) is 26.7 Å². The van der Waals surface area contributed by atoms with Crippen LogP contribution < -0.4 is 16.2 Å². The zero-order valence-electron chi connectivity index (χ0n) is 12.3. The molecule has 8 nitrogen and oxygen atoms in total. The number of ether oxygens (including phenoxy) is 1. The number of aliphatic imine (C=N–C) groups is 1. The molecule has 24 heavy (non-hydrogen) atoms. The van der Waals surface area contributed by atoms with Crippen molar-refractivity contribution in [3.8, 4) is 5.75 Å². The highest BCUT2D eigenvalue weighted by Gasteiger charge is 2.46. The minimum Gasteiger partial charge on any atom is -0.463 e. The molecule has 0 aliphatic carbocycles. The third-order valence-electron chi connectivity index (χ3n) is 2.86. The van der Waals surface area contributed by atoms with Crippen LogP contribution in [0.3, 0.4) is 0 Å². The number of hydrogen-bond acceptors (Lipinski definition) is 7. The molecule has 0 aromatic heterocycles. The summed E-state index contributed by atoms with van der Waals surface area (Å²) in [5, 5.41) is 20.7. The molecule has 1 aromatic carbocycles. The number of nitrogens with two attached hydrogens (primary N) is 2. The zero-order chi connectivity index (χ0) is 17.9. The smallest absolute Gasteiger partial charge is 0.437 e. The Kier molecular flexibility index (Phi) is 5.17. The van der Waals surface area contributed by atoms with Crippen LogP contribution in [0.25, 0.3) is 0 Å². The van der Waals surface area contributed by atoms with Gasteiger partial charge in [0.25, 0.3) is 0 Å². The van der Waals surface area contributed by atoms with Crippen LogP contribution in [-0.4, -0.2) is 53.1 Å². The van der Waals surface area contributed by atoms with E-state index in [0.717, 1.165) is 5.01 Å². The van der Waals surface area contributed by atoms with Gasteiger partial charge in [-0.2, -0.15) is 18.3 Å². The molecule has 0 radical (unpaired) electrons. The first-order valence-corrected chi connectivity index (χ1v) is 6.72. The lowest BCUT2D eigenvalue weighted by Gasteiger charge is -2.11. The molecule has 0 atom stereocenters. The summed E-state index contributed by atoms with van der Waals surface area (Å²) >= 11 is 0. The summed E-state index contributed by atoms with van der Waals surface area (Å²) in [6, 6.07) is 5.64. The fourth-order valence-electron chi connectivity index (χ4n) is 1.89. The predicted octanol–water partition coefficient (Wildman–Crippen LogP) is 0.542. The maximum absolute atomic E-state index is 13.1. The molecule has 6 N–H and O–H groups in total. The number of β-amino-alcohol motifs (C(OH)–C–C–N with tert-alkyl or cyclic N) is 1. The van der Waals surface area contributed by atoms with Crippen molar-refractivity contribution < 1.29 is 23.0 Å². The van der Waals surface area contributed by atoms with Crippen molar-refractivity contribution in [3.63, 3.8) is 0 Å². The molecule has 0 saturated heterocycles. The molecule has 0 amide bonds. The van der Waals surface area contributed by atoms with E-state index in [1.54, 1.807) is 0 Å². The van der Waals surface area contributed by atoms with Gasteiger partial charge in [-0.1, -0.05) is 0 Å². The van der Waals surface area contributed by atoms with Crippen LogP contribution in [0, 0.1) is 5.41 Å². The van der Waals surface area contributed by atoms with Crippen molar-refractivity contribution in [3.05, 3.63) is 24.3 Å². The summed E-state index contributed by atoms with van der Waals surface area (Å²) in [6.45, 7) is -0.686. The molecular formula is C13H15F3N6O2. The Morgan fingerprint density at radius 1 is 1.29 bits per heavy atom. The van der Waals surface area contributed by atoms with E-state index in [2.05, 4.69) is 10.1 Å². The molecule has 0 bridgehead atoms. The average Bonchev–Trinajstić information content (AvgIpc) is 2.78. The standard InChI is InChI=1S/C13H15F3N6O2/c14-13(15,16)10-9(11(17)22(21-10)5-6-23)20-7-1-3-8(4-2-7)24-12(18)19/h1-4,12,17,23H,5-6,18-19H2. The van der Waals surface area contributed by atoms with Gasteiger partial charge in [0.2, 0.25) is 6.35 Å². The number of benzene rings is 1. The van der Waals surface area contributed by atoms with Crippen molar-refractivity contribution >= 4 is 22.9 Å². The fraction of sp³-hybridized carbons (Fsp3) is 0.308. The van der Waals surface area contributed by atoms with Crippen LogP contribution in [0.1, 0.15) is 0 Å². The second-order valence-electron chi connectivity index (χ2n) is 4.68. The van der Waals surface area contributed by atoms with Crippen molar-refractivity contribution in [1.29, 1.82) is 5.41 Å². The summed E-state index contributed by atoms with van der Waals surface area (Å²) in [5.74, 6) is -0.220. The minimum atomic E-state index is -4.77. The quantitative estimate of drug-likeness (QED) is 0.579. The number of rotatable bonds is 5. The van der Waals surface area contributed by atoms with E-state index in [1.165, 1.54) is 24.3 Å². The van der Waals surface area contributed by atoms with Gasteiger partial charge in [-0.3, -0.25) is 16.9 Å². The first-order chi connectivity index (χ1) is 11.2.